The van der Waals surface area contributed by atoms with Crippen LogP contribution in [0.1, 0.15) is 5.56 Å². The first-order chi connectivity index (χ1) is 10.7. The molecule has 23 heavy (non-hydrogen) atoms. The molecule has 0 bridgehead atoms. The molecule has 5 atom stereocenters. The Balaban J connectivity index is 2.27. The number of aliphatic hydroxyl groups excluding tert-OH is 3. The van der Waals surface area contributed by atoms with Gasteiger partial charge in [0.05, 0.1) is 0 Å². The molecule has 1 aromatic rings. The summed E-state index contributed by atoms with van der Waals surface area (Å²) in [5.74, 6) is -3.60. The van der Waals surface area contributed by atoms with Crippen molar-refractivity contribution in [2.45, 2.75) is 36.6 Å². The number of hydrogen-bond donors (Lipinski definition) is 6. The molecule has 0 amide bonds. The van der Waals surface area contributed by atoms with Gasteiger partial charge < -0.3 is 0 Å². The summed E-state index contributed by atoms with van der Waals surface area (Å²) in [4.78, 5) is 12.4. The van der Waals surface area contributed by atoms with Crippen molar-refractivity contribution in [1.29, 1.82) is 0 Å². The molecule has 1 aromatic carbocycles. The van der Waals surface area contributed by atoms with E-state index >= 15 is 0 Å². The van der Waals surface area contributed by atoms with E-state index in [-0.39, 0.29) is 11.3 Å². The molecular weight excluding hydrogens is 369 g/mol. The quantitative estimate of drug-likeness (QED) is 0.290. The van der Waals surface area contributed by atoms with Gasteiger partial charge in [-0.15, -0.1) is 0 Å². The number of phenolic OH excluding ortho intramolecular Hbond substituents is 1. The second kappa shape index (κ2) is 6.86. The first-order valence-corrected chi connectivity index (χ1v) is 7.82. The molecule has 2 rings (SSSR count). The topological polar surface area (TPSA) is 153 Å². The number of hydrogen-bond acceptors (Lipinski definition) is 8. The van der Waals surface area contributed by atoms with E-state index in [0.717, 1.165) is 0 Å². The van der Waals surface area contributed by atoms with Gasteiger partial charge in [-0.3, -0.25) is 0 Å². The van der Waals surface area contributed by atoms with Crippen LogP contribution < -0.4 is 10.1 Å². The molecule has 2 radical (unpaired) electrons. The second-order valence-corrected chi connectivity index (χ2v) is 6.44. The summed E-state index contributed by atoms with van der Waals surface area (Å²) in [5, 5.41) is 49.1. The number of aliphatic hydroxyl groups is 4. The molecule has 8 nitrogen and oxygen atoms in total. The molecular formula is C14H18AsNO7. The molecule has 1 saturated heterocycles. The van der Waals surface area contributed by atoms with Crippen molar-refractivity contribution < 1.29 is 35.1 Å². The molecule has 0 spiro atoms. The van der Waals surface area contributed by atoms with Gasteiger partial charge in [-0.25, -0.2) is 0 Å². The van der Waals surface area contributed by atoms with E-state index in [1.807, 2.05) is 0 Å². The van der Waals surface area contributed by atoms with E-state index in [1.54, 1.807) is 12.1 Å². The van der Waals surface area contributed by atoms with Gasteiger partial charge in [0.15, 0.2) is 0 Å². The fourth-order valence-electron chi connectivity index (χ4n) is 2.46. The van der Waals surface area contributed by atoms with Crippen LogP contribution in [0.5, 0.6) is 5.75 Å². The molecule has 0 aromatic heterocycles. The Kier molecular flexibility index (Phi) is 5.47. The van der Waals surface area contributed by atoms with Gasteiger partial charge in [-0.1, -0.05) is 0 Å². The third-order valence-electron chi connectivity index (χ3n) is 3.91. The Morgan fingerprint density at radius 3 is 2.61 bits per heavy atom. The summed E-state index contributed by atoms with van der Waals surface area (Å²) >= 11 is 2.14. The molecule has 9 heteroatoms. The SMILES string of the molecule is N[C@@H]1[C@@H](O)[C@H](O)[C@@H](CO)O[C@@]1(O)C(=O)Cc1cccc([As])c1O. The van der Waals surface area contributed by atoms with Crippen molar-refractivity contribution in [3.8, 4) is 5.75 Å². The van der Waals surface area contributed by atoms with Crippen molar-refractivity contribution in [2.75, 3.05) is 6.61 Å². The predicted molar refractivity (Wildman–Crippen MR) is 79.1 cm³/mol. The molecule has 0 unspecified atom stereocenters. The van der Waals surface area contributed by atoms with Gasteiger partial charge in [0.25, 0.3) is 0 Å². The molecule has 0 aliphatic carbocycles. The van der Waals surface area contributed by atoms with Gasteiger partial charge in [-0.2, -0.15) is 0 Å². The van der Waals surface area contributed by atoms with Crippen LogP contribution in [-0.2, 0) is 16.0 Å². The van der Waals surface area contributed by atoms with Crippen LogP contribution in [0.15, 0.2) is 18.2 Å². The van der Waals surface area contributed by atoms with E-state index < -0.39 is 49.0 Å². The Morgan fingerprint density at radius 1 is 1.35 bits per heavy atom. The summed E-state index contributed by atoms with van der Waals surface area (Å²) in [6, 6.07) is 3.14. The van der Waals surface area contributed by atoms with Crippen LogP contribution in [0.2, 0.25) is 0 Å². The fourth-order valence-corrected chi connectivity index (χ4v) is 2.94. The van der Waals surface area contributed by atoms with Gasteiger partial charge in [0, 0.05) is 0 Å². The number of ether oxygens (including phenoxy) is 1. The number of benzene rings is 1. The first kappa shape index (κ1) is 18.3. The van der Waals surface area contributed by atoms with Crippen LogP contribution in [0.3, 0.4) is 0 Å². The van der Waals surface area contributed by atoms with Crippen molar-refractivity contribution in [1.82, 2.24) is 0 Å². The Bertz CT molecular complexity index is 596. The molecule has 7 N–H and O–H groups in total. The van der Waals surface area contributed by atoms with Gasteiger partial charge in [0.2, 0.25) is 0 Å². The van der Waals surface area contributed by atoms with Gasteiger partial charge >= 0.3 is 140 Å². The van der Waals surface area contributed by atoms with Crippen LogP contribution in [0.4, 0.5) is 0 Å². The molecule has 0 saturated carbocycles. The monoisotopic (exact) mass is 387 g/mol. The Hall–Kier alpha value is -0.992. The zero-order valence-electron chi connectivity index (χ0n) is 12.0. The maximum atomic E-state index is 12.4. The minimum absolute atomic E-state index is 0.117. The standard InChI is InChI=1S/C14H18AsNO7/c15-7-3-1-2-6(10(7)19)4-9(18)14(22)13(16)12(21)11(20)8(5-17)23-14/h1-3,8,11-13,17,19-22H,4-5,16H2/t8-,11-,12+,13-,14+/m1/s1. The van der Waals surface area contributed by atoms with Crippen molar-refractivity contribution in [2.24, 2.45) is 5.73 Å². The molecule has 126 valence electrons. The summed E-state index contributed by atoms with van der Waals surface area (Å²) in [6.07, 6.45) is -4.95. The average molecular weight is 387 g/mol. The number of nitrogens with two attached hydrogens (primary N) is 1. The number of aromatic hydroxyl groups is 1. The molecule has 1 fully saturated rings. The first-order valence-electron chi connectivity index (χ1n) is 6.88. The zero-order chi connectivity index (χ0) is 17.4. The van der Waals surface area contributed by atoms with Crippen molar-refractivity contribution in [3.63, 3.8) is 0 Å². The number of rotatable bonds is 4. The van der Waals surface area contributed by atoms with E-state index in [0.29, 0.717) is 4.35 Å². The molecule has 1 heterocycles. The van der Waals surface area contributed by atoms with Crippen molar-refractivity contribution >= 4 is 27.0 Å². The van der Waals surface area contributed by atoms with Crippen molar-refractivity contribution in [3.05, 3.63) is 23.8 Å². The average Bonchev–Trinajstić information content (AvgIpc) is 2.53. The molecule has 1 aliphatic heterocycles. The normalized spacial score (nSPS) is 34.3. The van der Waals surface area contributed by atoms with E-state index in [2.05, 4.69) is 16.9 Å². The summed E-state index contributed by atoms with van der Waals surface area (Å²) < 4.78 is 5.55. The third-order valence-corrected chi connectivity index (χ3v) is 4.67. The minimum atomic E-state index is -2.59. The van der Waals surface area contributed by atoms with Crippen LogP contribution >= 0.6 is 0 Å². The Morgan fingerprint density at radius 2 is 2.00 bits per heavy atom. The van der Waals surface area contributed by atoms with E-state index in [4.69, 9.17) is 15.6 Å². The summed E-state index contributed by atoms with van der Waals surface area (Å²) in [7, 11) is 0. The van der Waals surface area contributed by atoms with E-state index in [1.165, 1.54) is 6.07 Å². The van der Waals surface area contributed by atoms with Crippen LogP contribution in [-0.4, -0.2) is 84.9 Å². The summed E-state index contributed by atoms with van der Waals surface area (Å²) in [6.45, 7) is -0.715. The third kappa shape index (κ3) is 3.29. The van der Waals surface area contributed by atoms with Gasteiger partial charge in [0.1, 0.15) is 0 Å². The van der Waals surface area contributed by atoms with Crippen LogP contribution in [0.25, 0.3) is 0 Å². The maximum absolute atomic E-state index is 12.4. The van der Waals surface area contributed by atoms with Gasteiger partial charge in [-0.05, 0) is 0 Å². The number of carbonyl (C=O) groups is 1. The van der Waals surface area contributed by atoms with E-state index in [9.17, 15) is 25.2 Å². The predicted octanol–water partition coefficient (Wildman–Crippen LogP) is -3.57. The number of para-hydroxylation sites is 1. The number of ketones is 1. The van der Waals surface area contributed by atoms with Crippen LogP contribution in [0, 0.1) is 0 Å². The molecule has 1 aliphatic rings. The fraction of sp³-hybridized carbons (Fsp3) is 0.500. The number of carbonyl (C=O) groups excluding carboxylic acids is 1. The summed E-state index contributed by atoms with van der Waals surface area (Å²) in [5.41, 5.74) is 5.88. The number of phenols is 1. The Labute approximate surface area is 141 Å². The second-order valence-electron chi connectivity index (χ2n) is 5.43. The number of Topliss-reactive ketones (excluding diaryl/α,β-unsaturated/α-hetero) is 1. The zero-order valence-corrected chi connectivity index (χ0v) is 13.9.